The summed E-state index contributed by atoms with van der Waals surface area (Å²) in [5.41, 5.74) is 1.20. The van der Waals surface area contributed by atoms with Crippen molar-refractivity contribution < 1.29 is 23.9 Å². The number of anilines is 1. The van der Waals surface area contributed by atoms with Crippen molar-refractivity contribution >= 4 is 23.5 Å². The number of hydrogen-bond donors (Lipinski definition) is 1. The van der Waals surface area contributed by atoms with Gasteiger partial charge in [-0.3, -0.25) is 14.5 Å². The third-order valence-corrected chi connectivity index (χ3v) is 5.99. The molecule has 1 N–H and O–H groups in total. The summed E-state index contributed by atoms with van der Waals surface area (Å²) in [5, 5.41) is 2.73. The summed E-state index contributed by atoms with van der Waals surface area (Å²) in [6.07, 6.45) is 0.747. The first-order chi connectivity index (χ1) is 14.4. The van der Waals surface area contributed by atoms with Crippen LogP contribution in [0, 0.1) is 0 Å². The van der Waals surface area contributed by atoms with Gasteiger partial charge in [0.25, 0.3) is 5.91 Å². The zero-order valence-corrected chi connectivity index (χ0v) is 16.7. The molecular weight excluding hydrogens is 386 g/mol. The van der Waals surface area contributed by atoms with E-state index in [2.05, 4.69) is 5.32 Å². The molecule has 0 aromatic heterocycles. The van der Waals surface area contributed by atoms with E-state index in [1.54, 1.807) is 30.0 Å². The molecule has 1 fully saturated rings. The summed E-state index contributed by atoms with van der Waals surface area (Å²) < 4.78 is 10.7. The molecular formula is C22H21N3O5. The van der Waals surface area contributed by atoms with Crippen molar-refractivity contribution in [2.75, 3.05) is 18.2 Å². The lowest BCUT2D eigenvalue weighted by Gasteiger charge is -2.25. The number of rotatable bonds is 3. The van der Waals surface area contributed by atoms with Crippen molar-refractivity contribution in [3.05, 3.63) is 53.6 Å². The largest absolute Gasteiger partial charge is 0.454 e. The molecule has 3 heterocycles. The molecule has 3 aliphatic rings. The molecule has 4 amide bonds. The molecule has 154 valence electrons. The summed E-state index contributed by atoms with van der Waals surface area (Å²) in [6, 6.07) is 12.2. The molecule has 5 rings (SSSR count). The average Bonchev–Trinajstić information content (AvgIpc) is 3.38. The Hall–Kier alpha value is -3.55. The first kappa shape index (κ1) is 18.5. The molecule has 0 aliphatic carbocycles. The summed E-state index contributed by atoms with van der Waals surface area (Å²) in [4.78, 5) is 41.6. The molecule has 30 heavy (non-hydrogen) atoms. The Morgan fingerprint density at radius 3 is 2.77 bits per heavy atom. The molecule has 2 atom stereocenters. The van der Waals surface area contributed by atoms with Gasteiger partial charge in [0.1, 0.15) is 12.1 Å². The van der Waals surface area contributed by atoms with Crippen molar-refractivity contribution in [3.63, 3.8) is 0 Å². The fourth-order valence-electron chi connectivity index (χ4n) is 4.40. The molecule has 0 spiro atoms. The Bertz CT molecular complexity index is 1080. The molecule has 0 radical (unpaired) electrons. The van der Waals surface area contributed by atoms with Gasteiger partial charge >= 0.3 is 6.03 Å². The minimum atomic E-state index is -1.28. The van der Waals surface area contributed by atoms with Crippen LogP contribution in [0.25, 0.3) is 0 Å². The standard InChI is InChI=1S/C22H21N3O5/c1-13-9-14-5-3-4-6-16(14)25(13)19(26)11-24-20(27)22(2,23-21(24)28)15-7-8-17-18(10-15)30-12-29-17/h3-8,10,13H,9,11-12H2,1-2H3,(H,23,28)/t13-,22-/m1/s1. The Morgan fingerprint density at radius 1 is 1.17 bits per heavy atom. The van der Waals surface area contributed by atoms with Gasteiger partial charge in [0.05, 0.1) is 0 Å². The molecule has 0 saturated carbocycles. The number of nitrogens with zero attached hydrogens (tertiary/aromatic N) is 2. The number of amides is 4. The lowest BCUT2D eigenvalue weighted by Crippen LogP contribution is -2.46. The van der Waals surface area contributed by atoms with Gasteiger partial charge in [0.15, 0.2) is 11.5 Å². The second kappa shape index (κ2) is 6.48. The monoisotopic (exact) mass is 407 g/mol. The van der Waals surface area contributed by atoms with Gasteiger partial charge in [-0.25, -0.2) is 4.79 Å². The normalized spacial score (nSPS) is 24.3. The van der Waals surface area contributed by atoms with Gasteiger partial charge in [-0.1, -0.05) is 24.3 Å². The zero-order valence-electron chi connectivity index (χ0n) is 16.7. The van der Waals surface area contributed by atoms with E-state index in [0.29, 0.717) is 17.1 Å². The van der Waals surface area contributed by atoms with Crippen LogP contribution >= 0.6 is 0 Å². The van der Waals surface area contributed by atoms with Gasteiger partial charge < -0.3 is 19.7 Å². The highest BCUT2D eigenvalue weighted by Gasteiger charge is 2.50. The summed E-state index contributed by atoms with van der Waals surface area (Å²) >= 11 is 0. The third kappa shape index (κ3) is 2.63. The first-order valence-corrected chi connectivity index (χ1v) is 9.82. The van der Waals surface area contributed by atoms with E-state index in [9.17, 15) is 14.4 Å². The number of imide groups is 1. The van der Waals surface area contributed by atoms with Crippen LogP contribution in [-0.2, 0) is 21.5 Å². The van der Waals surface area contributed by atoms with Gasteiger partial charge in [-0.2, -0.15) is 0 Å². The fraction of sp³-hybridized carbons (Fsp3) is 0.318. The molecule has 8 heteroatoms. The highest BCUT2D eigenvalue weighted by Crippen LogP contribution is 2.38. The number of nitrogens with one attached hydrogen (secondary N) is 1. The number of carbonyl (C=O) groups is 3. The van der Waals surface area contributed by atoms with E-state index in [1.165, 1.54) is 0 Å². The number of ether oxygens (including phenoxy) is 2. The van der Waals surface area contributed by atoms with Crippen LogP contribution in [-0.4, -0.2) is 42.1 Å². The SMILES string of the molecule is C[C@@H]1Cc2ccccc2N1C(=O)CN1C(=O)N[C@](C)(c2ccc3c(c2)OCO3)C1=O. The van der Waals surface area contributed by atoms with Crippen molar-refractivity contribution in [2.24, 2.45) is 0 Å². The molecule has 0 bridgehead atoms. The minimum absolute atomic E-state index is 0.0316. The van der Waals surface area contributed by atoms with Gasteiger partial charge in [-0.05, 0) is 49.6 Å². The van der Waals surface area contributed by atoms with Crippen LogP contribution < -0.4 is 19.7 Å². The quantitative estimate of drug-likeness (QED) is 0.788. The predicted molar refractivity (Wildman–Crippen MR) is 107 cm³/mol. The maximum atomic E-state index is 13.2. The molecule has 1 saturated heterocycles. The lowest BCUT2D eigenvalue weighted by molar-refractivity contribution is -0.134. The fourth-order valence-corrected chi connectivity index (χ4v) is 4.40. The lowest BCUT2D eigenvalue weighted by atomic mass is 9.91. The van der Waals surface area contributed by atoms with E-state index in [0.717, 1.165) is 22.6 Å². The second-order valence-electron chi connectivity index (χ2n) is 7.96. The Balaban J connectivity index is 1.39. The van der Waals surface area contributed by atoms with E-state index < -0.39 is 17.5 Å². The number of para-hydroxylation sites is 1. The molecule has 2 aromatic rings. The molecule has 0 unspecified atom stereocenters. The van der Waals surface area contributed by atoms with Gasteiger partial charge in [-0.15, -0.1) is 0 Å². The number of hydrogen-bond acceptors (Lipinski definition) is 5. The second-order valence-corrected chi connectivity index (χ2v) is 7.96. The maximum Gasteiger partial charge on any atom is 0.325 e. The van der Waals surface area contributed by atoms with E-state index in [4.69, 9.17) is 9.47 Å². The van der Waals surface area contributed by atoms with Crippen LogP contribution in [0.3, 0.4) is 0 Å². The maximum absolute atomic E-state index is 13.2. The van der Waals surface area contributed by atoms with Crippen LogP contribution in [0.1, 0.15) is 25.0 Å². The van der Waals surface area contributed by atoms with Crippen LogP contribution in [0.15, 0.2) is 42.5 Å². The van der Waals surface area contributed by atoms with Crippen molar-refractivity contribution in [3.8, 4) is 11.5 Å². The Kier molecular flexibility index (Phi) is 3.99. The third-order valence-electron chi connectivity index (χ3n) is 5.99. The van der Waals surface area contributed by atoms with Crippen LogP contribution in [0.2, 0.25) is 0 Å². The minimum Gasteiger partial charge on any atom is -0.454 e. The molecule has 3 aliphatic heterocycles. The van der Waals surface area contributed by atoms with E-state index >= 15 is 0 Å². The first-order valence-electron chi connectivity index (χ1n) is 9.82. The van der Waals surface area contributed by atoms with Crippen LogP contribution in [0.4, 0.5) is 10.5 Å². The summed E-state index contributed by atoms with van der Waals surface area (Å²) in [6.45, 7) is 3.39. The summed E-state index contributed by atoms with van der Waals surface area (Å²) in [7, 11) is 0. The van der Waals surface area contributed by atoms with Crippen molar-refractivity contribution in [1.29, 1.82) is 0 Å². The van der Waals surface area contributed by atoms with Crippen molar-refractivity contribution in [1.82, 2.24) is 10.2 Å². The average molecular weight is 407 g/mol. The van der Waals surface area contributed by atoms with Crippen molar-refractivity contribution in [2.45, 2.75) is 31.8 Å². The number of carbonyl (C=O) groups excluding carboxylic acids is 3. The van der Waals surface area contributed by atoms with Crippen LogP contribution in [0.5, 0.6) is 11.5 Å². The predicted octanol–water partition coefficient (Wildman–Crippen LogP) is 2.16. The number of urea groups is 1. The van der Waals surface area contributed by atoms with Gasteiger partial charge in [0.2, 0.25) is 12.7 Å². The Morgan fingerprint density at radius 2 is 1.93 bits per heavy atom. The molecule has 2 aromatic carbocycles. The highest BCUT2D eigenvalue weighted by molar-refractivity contribution is 6.11. The summed E-state index contributed by atoms with van der Waals surface area (Å²) in [5.74, 6) is 0.353. The smallest absolute Gasteiger partial charge is 0.325 e. The van der Waals surface area contributed by atoms with E-state index in [-0.39, 0.29) is 25.3 Å². The topological polar surface area (TPSA) is 88.2 Å². The van der Waals surface area contributed by atoms with E-state index in [1.807, 2.05) is 31.2 Å². The molecule has 8 nitrogen and oxygen atoms in total. The highest BCUT2D eigenvalue weighted by atomic mass is 16.7. The Labute approximate surface area is 173 Å². The zero-order chi connectivity index (χ0) is 21.0. The number of benzene rings is 2. The van der Waals surface area contributed by atoms with Gasteiger partial charge in [0, 0.05) is 11.7 Å². The number of fused-ring (bicyclic) bond motifs is 2.